The number of carbonyl (C=O) groups excluding carboxylic acids is 2. The number of nitrogens with one attached hydrogen (secondary N) is 1. The maximum atomic E-state index is 12.2. The summed E-state index contributed by atoms with van der Waals surface area (Å²) < 4.78 is 5.14. The van der Waals surface area contributed by atoms with E-state index in [0.717, 1.165) is 27.7 Å². The van der Waals surface area contributed by atoms with Gasteiger partial charge in [0, 0.05) is 4.90 Å². The van der Waals surface area contributed by atoms with Gasteiger partial charge in [-0.15, -0.1) is 11.8 Å². The average molecular weight is 408 g/mol. The molecule has 0 spiro atoms. The number of benzene rings is 3. The molecule has 0 fully saturated rings. The molecule has 1 N–H and O–H groups in total. The smallest absolute Gasteiger partial charge is 0.316 e. The van der Waals surface area contributed by atoms with Gasteiger partial charge in [0.1, 0.15) is 0 Å². The van der Waals surface area contributed by atoms with Gasteiger partial charge in [0.05, 0.1) is 11.8 Å². The number of ether oxygens (including phenoxy) is 1. The molecule has 0 aliphatic carbocycles. The Morgan fingerprint density at radius 3 is 2.45 bits per heavy atom. The van der Waals surface area contributed by atoms with E-state index >= 15 is 0 Å². The van der Waals surface area contributed by atoms with E-state index in [4.69, 9.17) is 4.74 Å². The molecule has 0 radical (unpaired) electrons. The fraction of sp³-hybridized carbons (Fsp3) is 0.250. The minimum Gasteiger partial charge on any atom is -0.455 e. The van der Waals surface area contributed by atoms with Crippen LogP contribution in [0.15, 0.2) is 71.6 Å². The largest absolute Gasteiger partial charge is 0.455 e. The van der Waals surface area contributed by atoms with Gasteiger partial charge in [-0.2, -0.15) is 0 Å². The second kappa shape index (κ2) is 10.1. The Morgan fingerprint density at radius 2 is 1.72 bits per heavy atom. The Balaban J connectivity index is 1.45. The van der Waals surface area contributed by atoms with Crippen LogP contribution in [0.1, 0.15) is 30.5 Å². The van der Waals surface area contributed by atoms with Crippen molar-refractivity contribution in [3.05, 3.63) is 77.9 Å². The summed E-state index contributed by atoms with van der Waals surface area (Å²) in [6, 6.07) is 22.1. The van der Waals surface area contributed by atoms with E-state index in [2.05, 4.69) is 11.4 Å². The van der Waals surface area contributed by atoms with E-state index in [0.29, 0.717) is 0 Å². The Labute approximate surface area is 175 Å². The molecule has 5 heteroatoms. The number of aryl methyl sites for hydroxylation is 1. The standard InChI is InChI=1S/C24H25NO3S/c1-3-22(19-10-8-17(2)9-11-19)25-23(26)15-28-24(27)16-29-21-13-12-18-6-4-5-7-20(18)14-21/h4-14,22H,3,15-16H2,1-2H3,(H,25,26)/t22-/m1/s1. The Kier molecular flexibility index (Phi) is 7.30. The SMILES string of the molecule is CC[C@@H](NC(=O)COC(=O)CSc1ccc2ccccc2c1)c1ccc(C)cc1. The van der Waals surface area contributed by atoms with Crippen molar-refractivity contribution in [3.63, 3.8) is 0 Å². The fourth-order valence-electron chi connectivity index (χ4n) is 3.04. The van der Waals surface area contributed by atoms with Crippen LogP contribution in [0, 0.1) is 6.92 Å². The lowest BCUT2D eigenvalue weighted by Gasteiger charge is -2.17. The topological polar surface area (TPSA) is 55.4 Å². The van der Waals surface area contributed by atoms with E-state index in [1.165, 1.54) is 17.3 Å². The minimum atomic E-state index is -0.401. The Bertz CT molecular complexity index is 985. The monoisotopic (exact) mass is 407 g/mol. The molecular weight excluding hydrogens is 382 g/mol. The number of rotatable bonds is 8. The number of hydrogen-bond donors (Lipinski definition) is 1. The quantitative estimate of drug-likeness (QED) is 0.419. The van der Waals surface area contributed by atoms with E-state index < -0.39 is 5.97 Å². The molecule has 0 unspecified atom stereocenters. The Morgan fingerprint density at radius 1 is 1.00 bits per heavy atom. The van der Waals surface area contributed by atoms with Gasteiger partial charge in [-0.25, -0.2) is 0 Å². The van der Waals surface area contributed by atoms with Crippen LogP contribution in [-0.2, 0) is 14.3 Å². The molecule has 3 aromatic rings. The van der Waals surface area contributed by atoms with E-state index in [-0.39, 0.29) is 24.3 Å². The summed E-state index contributed by atoms with van der Waals surface area (Å²) in [6.45, 7) is 3.77. The lowest BCUT2D eigenvalue weighted by Crippen LogP contribution is -2.32. The molecule has 3 rings (SSSR count). The van der Waals surface area contributed by atoms with Gasteiger partial charge in [0.2, 0.25) is 0 Å². The second-order valence-corrected chi connectivity index (χ2v) is 7.95. The second-order valence-electron chi connectivity index (χ2n) is 6.90. The van der Waals surface area contributed by atoms with Crippen LogP contribution >= 0.6 is 11.8 Å². The van der Waals surface area contributed by atoms with Crippen molar-refractivity contribution >= 4 is 34.4 Å². The summed E-state index contributed by atoms with van der Waals surface area (Å²) >= 11 is 1.41. The fourth-order valence-corrected chi connectivity index (χ4v) is 3.79. The van der Waals surface area contributed by atoms with Crippen molar-refractivity contribution in [2.45, 2.75) is 31.2 Å². The number of thioether (sulfide) groups is 1. The summed E-state index contributed by atoms with van der Waals surface area (Å²) in [4.78, 5) is 25.2. The molecular formula is C24H25NO3S. The first-order chi connectivity index (χ1) is 14.0. The first kappa shape index (κ1) is 20.9. The van der Waals surface area contributed by atoms with Crippen LogP contribution in [0.25, 0.3) is 10.8 Å². The number of amides is 1. The molecule has 3 aromatic carbocycles. The van der Waals surface area contributed by atoms with Crippen LogP contribution in [0.3, 0.4) is 0 Å². The van der Waals surface area contributed by atoms with Crippen molar-refractivity contribution in [3.8, 4) is 0 Å². The maximum Gasteiger partial charge on any atom is 0.316 e. The highest BCUT2D eigenvalue weighted by molar-refractivity contribution is 8.00. The minimum absolute atomic E-state index is 0.0891. The summed E-state index contributed by atoms with van der Waals surface area (Å²) in [5.74, 6) is -0.524. The number of fused-ring (bicyclic) bond motifs is 1. The molecule has 1 atom stereocenters. The van der Waals surface area contributed by atoms with Gasteiger partial charge < -0.3 is 10.1 Å². The molecule has 0 aliphatic rings. The van der Waals surface area contributed by atoms with Gasteiger partial charge in [0.25, 0.3) is 5.91 Å². The zero-order chi connectivity index (χ0) is 20.6. The van der Waals surface area contributed by atoms with Crippen LogP contribution in [0.2, 0.25) is 0 Å². The molecule has 4 nitrogen and oxygen atoms in total. The van der Waals surface area contributed by atoms with Crippen LogP contribution < -0.4 is 5.32 Å². The summed E-state index contributed by atoms with van der Waals surface area (Å²) in [5, 5.41) is 5.22. The van der Waals surface area contributed by atoms with Gasteiger partial charge in [-0.05, 0) is 41.8 Å². The van der Waals surface area contributed by atoms with Crippen LogP contribution in [-0.4, -0.2) is 24.2 Å². The van der Waals surface area contributed by atoms with Crippen molar-refractivity contribution in [2.24, 2.45) is 0 Å². The lowest BCUT2D eigenvalue weighted by atomic mass is 10.0. The molecule has 0 bridgehead atoms. The van der Waals surface area contributed by atoms with E-state index in [9.17, 15) is 9.59 Å². The van der Waals surface area contributed by atoms with Gasteiger partial charge >= 0.3 is 5.97 Å². The molecule has 1 amide bonds. The van der Waals surface area contributed by atoms with Crippen molar-refractivity contribution in [1.29, 1.82) is 0 Å². The molecule has 0 saturated heterocycles. The molecule has 0 saturated carbocycles. The van der Waals surface area contributed by atoms with E-state index in [1.807, 2.05) is 74.5 Å². The zero-order valence-corrected chi connectivity index (χ0v) is 17.5. The molecule has 0 aliphatic heterocycles. The summed E-state index contributed by atoms with van der Waals surface area (Å²) in [5.41, 5.74) is 2.22. The van der Waals surface area contributed by atoms with Gasteiger partial charge in [-0.1, -0.05) is 67.1 Å². The summed E-state index contributed by atoms with van der Waals surface area (Å²) in [6.07, 6.45) is 0.764. The molecule has 150 valence electrons. The number of carbonyl (C=O) groups is 2. The predicted octanol–water partition coefficient (Wildman–Crippen LogP) is 5.05. The average Bonchev–Trinajstić information content (AvgIpc) is 2.75. The van der Waals surface area contributed by atoms with Crippen LogP contribution in [0.5, 0.6) is 0 Å². The maximum absolute atomic E-state index is 12.2. The number of hydrogen-bond acceptors (Lipinski definition) is 4. The van der Waals surface area contributed by atoms with Crippen molar-refractivity contribution in [2.75, 3.05) is 12.4 Å². The van der Waals surface area contributed by atoms with E-state index in [1.54, 1.807) is 0 Å². The third-order valence-corrected chi connectivity index (χ3v) is 5.63. The third-order valence-electron chi connectivity index (χ3n) is 4.67. The zero-order valence-electron chi connectivity index (χ0n) is 16.7. The molecule has 0 aromatic heterocycles. The van der Waals surface area contributed by atoms with Crippen molar-refractivity contribution in [1.82, 2.24) is 5.32 Å². The molecule has 29 heavy (non-hydrogen) atoms. The predicted molar refractivity (Wildman–Crippen MR) is 118 cm³/mol. The third kappa shape index (κ3) is 6.09. The van der Waals surface area contributed by atoms with Gasteiger partial charge in [0.15, 0.2) is 6.61 Å². The highest BCUT2D eigenvalue weighted by atomic mass is 32.2. The number of esters is 1. The molecule has 0 heterocycles. The first-order valence-electron chi connectivity index (χ1n) is 9.68. The normalized spacial score (nSPS) is 11.8. The van der Waals surface area contributed by atoms with Crippen LogP contribution in [0.4, 0.5) is 0 Å². The Hall–Kier alpha value is -2.79. The highest BCUT2D eigenvalue weighted by Crippen LogP contribution is 2.23. The first-order valence-corrected chi connectivity index (χ1v) is 10.7. The summed E-state index contributed by atoms with van der Waals surface area (Å²) in [7, 11) is 0. The van der Waals surface area contributed by atoms with Gasteiger partial charge in [-0.3, -0.25) is 9.59 Å². The lowest BCUT2D eigenvalue weighted by molar-refractivity contribution is -0.146. The van der Waals surface area contributed by atoms with Crippen molar-refractivity contribution < 1.29 is 14.3 Å². The highest BCUT2D eigenvalue weighted by Gasteiger charge is 2.14.